The molecule has 5 heteroatoms. The molecule has 3 nitrogen and oxygen atoms in total. The second-order valence-electron chi connectivity index (χ2n) is 4.66. The van der Waals surface area contributed by atoms with Gasteiger partial charge in [0.1, 0.15) is 6.04 Å². The van der Waals surface area contributed by atoms with Crippen molar-refractivity contribution in [2.24, 2.45) is 11.7 Å². The SMILES string of the molecule is NC(=O)C(NCC1CC1)c1cccc(C(F)F)c1. The van der Waals surface area contributed by atoms with E-state index < -0.39 is 18.4 Å². The number of primary amides is 1. The Bertz CT molecular complexity index is 433. The van der Waals surface area contributed by atoms with Crippen molar-refractivity contribution < 1.29 is 13.6 Å². The van der Waals surface area contributed by atoms with Crippen LogP contribution in [-0.4, -0.2) is 12.5 Å². The molecule has 1 fully saturated rings. The first kappa shape index (κ1) is 13.0. The Balaban J connectivity index is 2.12. The summed E-state index contributed by atoms with van der Waals surface area (Å²) in [6, 6.07) is 5.14. The topological polar surface area (TPSA) is 55.1 Å². The van der Waals surface area contributed by atoms with Crippen molar-refractivity contribution in [1.29, 1.82) is 0 Å². The minimum Gasteiger partial charge on any atom is -0.368 e. The Kier molecular flexibility index (Phi) is 3.91. The molecule has 1 saturated carbocycles. The average molecular weight is 254 g/mol. The maximum absolute atomic E-state index is 12.6. The van der Waals surface area contributed by atoms with Crippen LogP contribution in [0.3, 0.4) is 0 Å². The summed E-state index contributed by atoms with van der Waals surface area (Å²) in [6.45, 7) is 0.701. The largest absolute Gasteiger partial charge is 0.368 e. The lowest BCUT2D eigenvalue weighted by atomic mass is 10.0. The minimum atomic E-state index is -2.54. The van der Waals surface area contributed by atoms with E-state index in [1.165, 1.54) is 18.2 Å². The van der Waals surface area contributed by atoms with Crippen LogP contribution >= 0.6 is 0 Å². The molecule has 1 aromatic rings. The van der Waals surface area contributed by atoms with Crippen LogP contribution in [0.5, 0.6) is 0 Å². The number of carbonyl (C=O) groups excluding carboxylic acids is 1. The van der Waals surface area contributed by atoms with Crippen LogP contribution in [-0.2, 0) is 4.79 Å². The van der Waals surface area contributed by atoms with Crippen molar-refractivity contribution in [1.82, 2.24) is 5.32 Å². The lowest BCUT2D eigenvalue weighted by molar-refractivity contribution is -0.120. The Morgan fingerprint density at radius 2 is 2.06 bits per heavy atom. The Hall–Kier alpha value is -1.49. The summed E-state index contributed by atoms with van der Waals surface area (Å²) in [5.74, 6) is 0.0483. The molecule has 98 valence electrons. The van der Waals surface area contributed by atoms with E-state index in [2.05, 4.69) is 5.32 Å². The summed E-state index contributed by atoms with van der Waals surface area (Å²) >= 11 is 0. The fraction of sp³-hybridized carbons (Fsp3) is 0.462. The van der Waals surface area contributed by atoms with Gasteiger partial charge >= 0.3 is 0 Å². The van der Waals surface area contributed by atoms with Gasteiger partial charge in [0, 0.05) is 5.56 Å². The molecule has 1 atom stereocenters. The molecule has 3 N–H and O–H groups in total. The molecular weight excluding hydrogens is 238 g/mol. The number of hydrogen-bond acceptors (Lipinski definition) is 2. The zero-order valence-electron chi connectivity index (χ0n) is 9.90. The van der Waals surface area contributed by atoms with E-state index in [1.807, 2.05) is 0 Å². The highest BCUT2D eigenvalue weighted by molar-refractivity contribution is 5.81. The quantitative estimate of drug-likeness (QED) is 0.817. The fourth-order valence-electron chi connectivity index (χ4n) is 1.86. The summed E-state index contributed by atoms with van der Waals surface area (Å²) in [7, 11) is 0. The predicted octanol–water partition coefficient (Wildman–Crippen LogP) is 2.15. The average Bonchev–Trinajstić information content (AvgIpc) is 3.13. The van der Waals surface area contributed by atoms with Gasteiger partial charge in [-0.25, -0.2) is 8.78 Å². The molecule has 0 heterocycles. The summed E-state index contributed by atoms with van der Waals surface area (Å²) in [6.07, 6.45) is -0.243. The van der Waals surface area contributed by atoms with Crippen LogP contribution in [0.25, 0.3) is 0 Å². The van der Waals surface area contributed by atoms with E-state index in [0.29, 0.717) is 18.0 Å². The molecular formula is C13H16F2N2O. The van der Waals surface area contributed by atoms with E-state index >= 15 is 0 Å². The van der Waals surface area contributed by atoms with Gasteiger partial charge < -0.3 is 11.1 Å². The number of carbonyl (C=O) groups is 1. The monoisotopic (exact) mass is 254 g/mol. The summed E-state index contributed by atoms with van der Waals surface area (Å²) in [4.78, 5) is 11.4. The van der Waals surface area contributed by atoms with E-state index in [1.54, 1.807) is 6.07 Å². The van der Waals surface area contributed by atoms with Gasteiger partial charge in [-0.2, -0.15) is 0 Å². The second kappa shape index (κ2) is 5.44. The van der Waals surface area contributed by atoms with Gasteiger partial charge in [-0.1, -0.05) is 18.2 Å². The highest BCUT2D eigenvalue weighted by Crippen LogP contribution is 2.29. The third-order valence-electron chi connectivity index (χ3n) is 3.09. The lowest BCUT2D eigenvalue weighted by Crippen LogP contribution is -2.34. The fourth-order valence-corrected chi connectivity index (χ4v) is 1.86. The number of benzene rings is 1. The van der Waals surface area contributed by atoms with E-state index in [-0.39, 0.29) is 5.56 Å². The van der Waals surface area contributed by atoms with Crippen molar-refractivity contribution in [3.63, 3.8) is 0 Å². The standard InChI is InChI=1S/C13H16F2N2O/c14-12(15)10-3-1-2-9(6-10)11(13(16)18)17-7-8-4-5-8/h1-3,6,8,11-12,17H,4-5,7H2,(H2,16,18). The van der Waals surface area contributed by atoms with Gasteiger partial charge in [-0.15, -0.1) is 0 Å². The second-order valence-corrected chi connectivity index (χ2v) is 4.66. The number of hydrogen-bond donors (Lipinski definition) is 2. The highest BCUT2D eigenvalue weighted by Gasteiger charge is 2.25. The van der Waals surface area contributed by atoms with Gasteiger partial charge in [-0.05, 0) is 36.9 Å². The zero-order valence-corrected chi connectivity index (χ0v) is 9.90. The maximum atomic E-state index is 12.6. The number of rotatable bonds is 6. The van der Waals surface area contributed by atoms with Crippen molar-refractivity contribution in [3.8, 4) is 0 Å². The Morgan fingerprint density at radius 1 is 1.39 bits per heavy atom. The molecule has 0 aliphatic heterocycles. The first-order valence-electron chi connectivity index (χ1n) is 5.98. The molecule has 1 aromatic carbocycles. The predicted molar refractivity (Wildman–Crippen MR) is 64.1 cm³/mol. The highest BCUT2D eigenvalue weighted by atomic mass is 19.3. The van der Waals surface area contributed by atoms with E-state index in [9.17, 15) is 13.6 Å². The molecule has 1 aliphatic carbocycles. The molecule has 18 heavy (non-hydrogen) atoms. The van der Waals surface area contributed by atoms with Gasteiger partial charge in [0.2, 0.25) is 5.91 Å². The third kappa shape index (κ3) is 3.26. The van der Waals surface area contributed by atoms with Gasteiger partial charge in [0.15, 0.2) is 0 Å². The lowest BCUT2D eigenvalue weighted by Gasteiger charge is -2.16. The van der Waals surface area contributed by atoms with Crippen LogP contribution in [0.4, 0.5) is 8.78 Å². The van der Waals surface area contributed by atoms with Gasteiger partial charge in [0.25, 0.3) is 6.43 Å². The number of nitrogens with two attached hydrogens (primary N) is 1. The van der Waals surface area contributed by atoms with Gasteiger partial charge in [-0.3, -0.25) is 4.79 Å². The number of alkyl halides is 2. The molecule has 0 aromatic heterocycles. The first-order valence-corrected chi connectivity index (χ1v) is 5.98. The van der Waals surface area contributed by atoms with Gasteiger partial charge in [0.05, 0.1) is 0 Å². The molecule has 1 unspecified atom stereocenters. The van der Waals surface area contributed by atoms with Crippen molar-refractivity contribution in [2.45, 2.75) is 25.3 Å². The molecule has 2 rings (SSSR count). The molecule has 1 aliphatic rings. The molecule has 0 radical (unpaired) electrons. The first-order chi connectivity index (χ1) is 8.58. The van der Waals surface area contributed by atoms with Crippen LogP contribution in [0, 0.1) is 5.92 Å². The minimum absolute atomic E-state index is 0.0908. The van der Waals surface area contributed by atoms with Crippen molar-refractivity contribution >= 4 is 5.91 Å². The smallest absolute Gasteiger partial charge is 0.263 e. The summed E-state index contributed by atoms with van der Waals surface area (Å²) < 4.78 is 25.2. The molecule has 0 saturated heterocycles. The number of halogens is 2. The third-order valence-corrected chi connectivity index (χ3v) is 3.09. The van der Waals surface area contributed by atoms with Crippen LogP contribution in [0.2, 0.25) is 0 Å². The van der Waals surface area contributed by atoms with Crippen molar-refractivity contribution in [2.75, 3.05) is 6.54 Å². The molecule has 0 bridgehead atoms. The summed E-state index contributed by atoms with van der Waals surface area (Å²) in [5.41, 5.74) is 5.72. The van der Waals surface area contributed by atoms with Crippen LogP contribution in [0.15, 0.2) is 24.3 Å². The number of nitrogens with one attached hydrogen (secondary N) is 1. The van der Waals surface area contributed by atoms with E-state index in [4.69, 9.17) is 5.73 Å². The Morgan fingerprint density at radius 3 is 2.61 bits per heavy atom. The zero-order chi connectivity index (χ0) is 13.1. The summed E-state index contributed by atoms with van der Waals surface area (Å²) in [5, 5.41) is 3.04. The normalized spacial score (nSPS) is 16.8. The van der Waals surface area contributed by atoms with Crippen LogP contribution < -0.4 is 11.1 Å². The molecule has 1 amide bonds. The number of amides is 1. The van der Waals surface area contributed by atoms with E-state index in [0.717, 1.165) is 12.8 Å². The maximum Gasteiger partial charge on any atom is 0.263 e. The van der Waals surface area contributed by atoms with Crippen molar-refractivity contribution in [3.05, 3.63) is 35.4 Å². The Labute approximate surface area is 104 Å². The van der Waals surface area contributed by atoms with Crippen LogP contribution in [0.1, 0.15) is 36.4 Å². The molecule has 0 spiro atoms.